The standard InChI is InChI=1S/C17H12N6O/c24-17(22-12-18-11-19-22)23-16(14-9-5-2-6-10-14)20-15(21-23)13-7-3-1-4-8-13/h1-12H. The molecule has 0 radical (unpaired) electrons. The molecule has 0 saturated carbocycles. The Bertz CT molecular complexity index is 961. The van der Waals surface area contributed by atoms with Gasteiger partial charge in [-0.25, -0.2) is 14.8 Å². The van der Waals surface area contributed by atoms with Gasteiger partial charge in [0.15, 0.2) is 11.6 Å². The number of hydrogen-bond donors (Lipinski definition) is 0. The molecule has 7 heteroatoms. The molecule has 116 valence electrons. The molecule has 2 aromatic heterocycles. The normalized spacial score (nSPS) is 10.7. The molecular formula is C17H12N6O. The van der Waals surface area contributed by atoms with Gasteiger partial charge < -0.3 is 0 Å². The van der Waals surface area contributed by atoms with Crippen LogP contribution in [-0.4, -0.2) is 35.6 Å². The van der Waals surface area contributed by atoms with Crippen LogP contribution in [0.4, 0.5) is 4.79 Å². The van der Waals surface area contributed by atoms with Gasteiger partial charge in [0.05, 0.1) is 0 Å². The highest BCUT2D eigenvalue weighted by molar-refractivity contribution is 5.82. The Morgan fingerprint density at radius 1 is 0.875 bits per heavy atom. The van der Waals surface area contributed by atoms with Crippen LogP contribution in [0.2, 0.25) is 0 Å². The highest BCUT2D eigenvalue weighted by atomic mass is 16.2. The summed E-state index contributed by atoms with van der Waals surface area (Å²) in [5.41, 5.74) is 1.63. The lowest BCUT2D eigenvalue weighted by atomic mass is 10.2. The van der Waals surface area contributed by atoms with E-state index in [1.165, 1.54) is 17.3 Å². The molecule has 2 aromatic carbocycles. The summed E-state index contributed by atoms with van der Waals surface area (Å²) in [4.78, 5) is 21.0. The Labute approximate surface area is 137 Å². The number of aromatic nitrogens is 6. The Balaban J connectivity index is 1.88. The highest BCUT2D eigenvalue weighted by Crippen LogP contribution is 2.22. The molecule has 0 amide bonds. The van der Waals surface area contributed by atoms with Gasteiger partial charge in [-0.1, -0.05) is 60.7 Å². The fourth-order valence-corrected chi connectivity index (χ4v) is 2.33. The molecule has 0 N–H and O–H groups in total. The number of rotatable bonds is 2. The van der Waals surface area contributed by atoms with Crippen LogP contribution in [0.15, 0.2) is 73.3 Å². The number of carbonyl (C=O) groups excluding carboxylic acids is 1. The van der Waals surface area contributed by atoms with E-state index in [0.29, 0.717) is 11.6 Å². The van der Waals surface area contributed by atoms with E-state index in [-0.39, 0.29) is 0 Å². The van der Waals surface area contributed by atoms with E-state index in [0.717, 1.165) is 15.8 Å². The van der Waals surface area contributed by atoms with Gasteiger partial charge in [0, 0.05) is 11.1 Å². The lowest BCUT2D eigenvalue weighted by Gasteiger charge is -2.03. The summed E-state index contributed by atoms with van der Waals surface area (Å²) in [5.74, 6) is 0.929. The van der Waals surface area contributed by atoms with E-state index in [9.17, 15) is 4.79 Å². The van der Waals surface area contributed by atoms with E-state index in [4.69, 9.17) is 0 Å². The fraction of sp³-hybridized carbons (Fsp3) is 0. The maximum absolute atomic E-state index is 12.7. The van der Waals surface area contributed by atoms with Crippen LogP contribution in [0.3, 0.4) is 0 Å². The van der Waals surface area contributed by atoms with Crippen LogP contribution in [0.25, 0.3) is 22.8 Å². The first-order valence-electron chi connectivity index (χ1n) is 7.30. The molecule has 2 heterocycles. The number of carbonyl (C=O) groups is 1. The van der Waals surface area contributed by atoms with Crippen LogP contribution in [-0.2, 0) is 0 Å². The summed E-state index contributed by atoms with van der Waals surface area (Å²) in [5, 5.41) is 8.26. The van der Waals surface area contributed by atoms with E-state index < -0.39 is 6.03 Å². The minimum absolute atomic E-state index is 0.443. The molecule has 0 aliphatic carbocycles. The summed E-state index contributed by atoms with van der Waals surface area (Å²) >= 11 is 0. The Morgan fingerprint density at radius 3 is 2.17 bits per heavy atom. The molecule has 4 aromatic rings. The van der Waals surface area contributed by atoms with Crippen LogP contribution in [0.1, 0.15) is 0 Å². The first kappa shape index (κ1) is 14.0. The van der Waals surface area contributed by atoms with Gasteiger partial charge in [0.1, 0.15) is 12.7 Å². The van der Waals surface area contributed by atoms with Crippen LogP contribution in [0.5, 0.6) is 0 Å². The molecule has 0 aliphatic rings. The molecule has 0 bridgehead atoms. The second-order valence-corrected chi connectivity index (χ2v) is 5.03. The molecule has 0 atom stereocenters. The van der Waals surface area contributed by atoms with Crippen molar-refractivity contribution in [3.63, 3.8) is 0 Å². The summed E-state index contributed by atoms with van der Waals surface area (Å²) in [7, 11) is 0. The van der Waals surface area contributed by atoms with Gasteiger partial charge in [-0.05, 0) is 0 Å². The van der Waals surface area contributed by atoms with Gasteiger partial charge in [-0.3, -0.25) is 0 Å². The summed E-state index contributed by atoms with van der Waals surface area (Å²) in [6.07, 6.45) is 2.64. The summed E-state index contributed by atoms with van der Waals surface area (Å²) in [6.45, 7) is 0. The maximum Gasteiger partial charge on any atom is 0.372 e. The summed E-state index contributed by atoms with van der Waals surface area (Å²) in [6, 6.07) is 18.5. The van der Waals surface area contributed by atoms with Crippen LogP contribution in [0, 0.1) is 0 Å². The van der Waals surface area contributed by atoms with Gasteiger partial charge in [-0.15, -0.1) is 5.10 Å². The van der Waals surface area contributed by atoms with Gasteiger partial charge in [0.25, 0.3) is 0 Å². The molecule has 0 saturated heterocycles. The third-order valence-corrected chi connectivity index (χ3v) is 3.47. The third kappa shape index (κ3) is 2.48. The highest BCUT2D eigenvalue weighted by Gasteiger charge is 2.20. The van der Waals surface area contributed by atoms with Crippen molar-refractivity contribution in [3.05, 3.63) is 73.3 Å². The SMILES string of the molecule is O=C(n1cncn1)n1nc(-c2ccccc2)nc1-c1ccccc1. The zero-order chi connectivity index (χ0) is 16.4. The molecule has 0 fully saturated rings. The van der Waals surface area contributed by atoms with Crippen molar-refractivity contribution in [2.24, 2.45) is 0 Å². The third-order valence-electron chi connectivity index (χ3n) is 3.47. The Kier molecular flexibility index (Phi) is 3.43. The minimum atomic E-state index is -0.443. The number of nitrogens with zero attached hydrogens (tertiary/aromatic N) is 6. The fourth-order valence-electron chi connectivity index (χ4n) is 2.33. The Morgan fingerprint density at radius 2 is 1.54 bits per heavy atom. The van der Waals surface area contributed by atoms with E-state index in [1.54, 1.807) is 0 Å². The van der Waals surface area contributed by atoms with Crippen molar-refractivity contribution < 1.29 is 4.79 Å². The molecular weight excluding hydrogens is 304 g/mol. The molecule has 24 heavy (non-hydrogen) atoms. The molecule has 4 rings (SSSR count). The molecule has 0 aliphatic heterocycles. The van der Waals surface area contributed by atoms with Crippen molar-refractivity contribution in [2.75, 3.05) is 0 Å². The first-order chi connectivity index (χ1) is 11.8. The average Bonchev–Trinajstić information content (AvgIpc) is 3.33. The predicted molar refractivity (Wildman–Crippen MR) is 87.1 cm³/mol. The Hall–Kier alpha value is -3.61. The van der Waals surface area contributed by atoms with Crippen molar-refractivity contribution in [2.45, 2.75) is 0 Å². The van der Waals surface area contributed by atoms with E-state index in [1.807, 2.05) is 60.7 Å². The van der Waals surface area contributed by atoms with Crippen molar-refractivity contribution in [1.82, 2.24) is 29.5 Å². The molecule has 0 spiro atoms. The van der Waals surface area contributed by atoms with Crippen LogP contribution < -0.4 is 0 Å². The van der Waals surface area contributed by atoms with Crippen molar-refractivity contribution in [1.29, 1.82) is 0 Å². The number of benzene rings is 2. The smallest absolute Gasteiger partial charge is 0.243 e. The zero-order valence-corrected chi connectivity index (χ0v) is 12.5. The van der Waals surface area contributed by atoms with E-state index in [2.05, 4.69) is 20.2 Å². The van der Waals surface area contributed by atoms with Crippen molar-refractivity contribution in [3.8, 4) is 22.8 Å². The summed E-state index contributed by atoms with van der Waals surface area (Å²) < 4.78 is 2.36. The molecule has 0 unspecified atom stereocenters. The quantitative estimate of drug-likeness (QED) is 0.568. The van der Waals surface area contributed by atoms with Crippen molar-refractivity contribution >= 4 is 6.03 Å². The monoisotopic (exact) mass is 316 g/mol. The first-order valence-corrected chi connectivity index (χ1v) is 7.30. The minimum Gasteiger partial charge on any atom is -0.243 e. The topological polar surface area (TPSA) is 78.5 Å². The predicted octanol–water partition coefficient (Wildman–Crippen LogP) is 2.72. The van der Waals surface area contributed by atoms with Gasteiger partial charge >= 0.3 is 6.03 Å². The second kappa shape index (κ2) is 5.88. The largest absolute Gasteiger partial charge is 0.372 e. The van der Waals surface area contributed by atoms with Gasteiger partial charge in [-0.2, -0.15) is 14.5 Å². The average molecular weight is 316 g/mol. The van der Waals surface area contributed by atoms with E-state index >= 15 is 0 Å². The second-order valence-electron chi connectivity index (χ2n) is 5.03. The van der Waals surface area contributed by atoms with Crippen LogP contribution >= 0.6 is 0 Å². The zero-order valence-electron chi connectivity index (χ0n) is 12.5. The van der Waals surface area contributed by atoms with Gasteiger partial charge in [0.2, 0.25) is 0 Å². The lowest BCUT2D eigenvalue weighted by molar-refractivity contribution is 0.238. The maximum atomic E-state index is 12.7. The number of hydrogen-bond acceptors (Lipinski definition) is 5. The molecule has 7 nitrogen and oxygen atoms in total. The lowest BCUT2D eigenvalue weighted by Crippen LogP contribution is -2.22.